The van der Waals surface area contributed by atoms with E-state index in [2.05, 4.69) is 25.7 Å². The second-order valence-electron chi connectivity index (χ2n) is 8.95. The molecule has 5 unspecified atom stereocenters. The molecule has 120 valence electrons. The van der Waals surface area contributed by atoms with Crippen LogP contribution in [0.25, 0.3) is 0 Å². The number of rotatable bonds is 2. The maximum Gasteiger partial charge on any atom is 0.222 e. The van der Waals surface area contributed by atoms with Crippen LogP contribution >= 0.6 is 0 Å². The lowest BCUT2D eigenvalue weighted by Crippen LogP contribution is -2.36. The first-order valence-electron chi connectivity index (χ1n) is 8.87. The van der Waals surface area contributed by atoms with E-state index in [-0.39, 0.29) is 0 Å². The molecule has 1 aliphatic heterocycles. The standard InChI is InChI=1S/C18H32N2O/c1-12-6-13(9-18(2,3)8-12)7-17(21)20-10-14-4-5-16(19)15(14)11-20/h12-16H,4-11,19H2,1-3H3. The van der Waals surface area contributed by atoms with E-state index >= 15 is 0 Å². The van der Waals surface area contributed by atoms with E-state index < -0.39 is 0 Å². The van der Waals surface area contributed by atoms with Crippen LogP contribution in [0, 0.1) is 29.1 Å². The van der Waals surface area contributed by atoms with Gasteiger partial charge >= 0.3 is 0 Å². The monoisotopic (exact) mass is 292 g/mol. The van der Waals surface area contributed by atoms with Gasteiger partial charge in [-0.1, -0.05) is 20.8 Å². The van der Waals surface area contributed by atoms with E-state index in [1.165, 1.54) is 25.7 Å². The lowest BCUT2D eigenvalue weighted by Gasteiger charge is -2.39. The Morgan fingerprint density at radius 3 is 2.67 bits per heavy atom. The van der Waals surface area contributed by atoms with Crippen LogP contribution < -0.4 is 5.73 Å². The van der Waals surface area contributed by atoms with E-state index in [0.717, 1.165) is 31.8 Å². The minimum absolute atomic E-state index is 0.335. The Balaban J connectivity index is 1.55. The number of amides is 1. The van der Waals surface area contributed by atoms with Crippen molar-refractivity contribution in [3.63, 3.8) is 0 Å². The molecular formula is C18H32N2O. The molecule has 2 aliphatic carbocycles. The van der Waals surface area contributed by atoms with E-state index in [1.54, 1.807) is 0 Å². The minimum Gasteiger partial charge on any atom is -0.342 e. The molecule has 2 N–H and O–H groups in total. The van der Waals surface area contributed by atoms with Crippen LogP contribution in [0.2, 0.25) is 0 Å². The number of nitrogens with zero attached hydrogens (tertiary/aromatic N) is 1. The van der Waals surface area contributed by atoms with Crippen molar-refractivity contribution in [1.29, 1.82) is 0 Å². The summed E-state index contributed by atoms with van der Waals surface area (Å²) in [6, 6.07) is 0.335. The Morgan fingerprint density at radius 1 is 1.24 bits per heavy atom. The molecule has 0 aromatic rings. The van der Waals surface area contributed by atoms with Gasteiger partial charge < -0.3 is 10.6 Å². The quantitative estimate of drug-likeness (QED) is 0.850. The van der Waals surface area contributed by atoms with E-state index in [4.69, 9.17) is 5.73 Å². The Bertz CT molecular complexity index is 406. The predicted octanol–water partition coefficient (Wildman–Crippen LogP) is 3.03. The highest BCUT2D eigenvalue weighted by Gasteiger charge is 2.43. The van der Waals surface area contributed by atoms with Gasteiger partial charge in [0.25, 0.3) is 0 Å². The SMILES string of the molecule is CC1CC(CC(=O)N2CC3CCC(N)C3C2)CC(C)(C)C1. The predicted molar refractivity (Wildman–Crippen MR) is 85.7 cm³/mol. The van der Waals surface area contributed by atoms with Crippen molar-refractivity contribution >= 4 is 5.91 Å². The first-order valence-corrected chi connectivity index (χ1v) is 8.87. The maximum absolute atomic E-state index is 12.7. The average molecular weight is 292 g/mol. The summed E-state index contributed by atoms with van der Waals surface area (Å²) in [5.74, 6) is 3.01. The molecule has 1 amide bonds. The van der Waals surface area contributed by atoms with Gasteiger partial charge in [0, 0.05) is 25.6 Å². The third-order valence-corrected chi connectivity index (χ3v) is 6.21. The summed E-state index contributed by atoms with van der Waals surface area (Å²) in [5.41, 5.74) is 6.59. The van der Waals surface area contributed by atoms with E-state index in [9.17, 15) is 4.79 Å². The van der Waals surface area contributed by atoms with Crippen molar-refractivity contribution < 1.29 is 4.79 Å². The van der Waals surface area contributed by atoms with Crippen LogP contribution in [-0.2, 0) is 4.79 Å². The first-order chi connectivity index (χ1) is 9.84. The van der Waals surface area contributed by atoms with Crippen molar-refractivity contribution in [2.24, 2.45) is 34.8 Å². The molecule has 2 saturated carbocycles. The number of carbonyl (C=O) groups is 1. The van der Waals surface area contributed by atoms with Crippen molar-refractivity contribution in [2.75, 3.05) is 13.1 Å². The smallest absolute Gasteiger partial charge is 0.222 e. The van der Waals surface area contributed by atoms with Gasteiger partial charge in [-0.2, -0.15) is 0 Å². The fourth-order valence-corrected chi connectivity index (χ4v) is 5.59. The maximum atomic E-state index is 12.7. The van der Waals surface area contributed by atoms with E-state index in [1.807, 2.05) is 0 Å². The molecule has 0 aromatic heterocycles. The highest BCUT2D eigenvalue weighted by molar-refractivity contribution is 5.76. The molecular weight excluding hydrogens is 260 g/mol. The molecule has 0 aromatic carbocycles. The summed E-state index contributed by atoms with van der Waals surface area (Å²) in [7, 11) is 0. The number of nitrogens with two attached hydrogens (primary N) is 1. The van der Waals surface area contributed by atoms with Crippen LogP contribution in [-0.4, -0.2) is 29.9 Å². The molecule has 0 bridgehead atoms. The highest BCUT2D eigenvalue weighted by atomic mass is 16.2. The number of hydrogen-bond donors (Lipinski definition) is 1. The van der Waals surface area contributed by atoms with Gasteiger partial charge in [-0.3, -0.25) is 4.79 Å². The molecule has 1 heterocycles. The van der Waals surface area contributed by atoms with Crippen LogP contribution in [0.15, 0.2) is 0 Å². The molecule has 0 radical (unpaired) electrons. The second-order valence-corrected chi connectivity index (χ2v) is 8.95. The topological polar surface area (TPSA) is 46.3 Å². The van der Waals surface area contributed by atoms with Gasteiger partial charge in [0.1, 0.15) is 0 Å². The summed E-state index contributed by atoms with van der Waals surface area (Å²) in [6.45, 7) is 8.97. The highest BCUT2D eigenvalue weighted by Crippen LogP contribution is 2.43. The second kappa shape index (κ2) is 5.57. The number of hydrogen-bond acceptors (Lipinski definition) is 2. The summed E-state index contributed by atoms with van der Waals surface area (Å²) in [6.07, 6.45) is 6.90. The number of carbonyl (C=O) groups excluding carboxylic acids is 1. The molecule has 3 fully saturated rings. The molecule has 3 aliphatic rings. The zero-order valence-corrected chi connectivity index (χ0v) is 14.0. The third kappa shape index (κ3) is 3.28. The van der Waals surface area contributed by atoms with Gasteiger partial charge in [-0.25, -0.2) is 0 Å². The Labute approximate surface area is 129 Å². The Hall–Kier alpha value is -0.570. The summed E-state index contributed by atoms with van der Waals surface area (Å²) in [4.78, 5) is 14.8. The van der Waals surface area contributed by atoms with E-state index in [0.29, 0.717) is 35.1 Å². The average Bonchev–Trinajstić information content (AvgIpc) is 2.89. The molecule has 0 spiro atoms. The molecule has 3 nitrogen and oxygen atoms in total. The van der Waals surface area contributed by atoms with Crippen molar-refractivity contribution in [2.45, 2.75) is 65.3 Å². The van der Waals surface area contributed by atoms with Crippen LogP contribution in [0.1, 0.15) is 59.3 Å². The first kappa shape index (κ1) is 15.3. The fourth-order valence-electron chi connectivity index (χ4n) is 5.59. The van der Waals surface area contributed by atoms with Crippen LogP contribution in [0.3, 0.4) is 0 Å². The molecule has 3 heteroatoms. The zero-order valence-electron chi connectivity index (χ0n) is 14.0. The molecule has 21 heavy (non-hydrogen) atoms. The van der Waals surface area contributed by atoms with Gasteiger partial charge in [-0.05, 0) is 61.2 Å². The number of likely N-dealkylation sites (tertiary alicyclic amines) is 1. The van der Waals surface area contributed by atoms with Crippen LogP contribution in [0.5, 0.6) is 0 Å². The molecule has 5 atom stereocenters. The van der Waals surface area contributed by atoms with Gasteiger partial charge in [0.15, 0.2) is 0 Å². The Kier molecular flexibility index (Phi) is 4.06. The summed E-state index contributed by atoms with van der Waals surface area (Å²) in [5, 5.41) is 0. The normalized spacial score (nSPS) is 42.1. The van der Waals surface area contributed by atoms with Crippen molar-refractivity contribution in [1.82, 2.24) is 4.90 Å². The third-order valence-electron chi connectivity index (χ3n) is 6.21. The molecule has 1 saturated heterocycles. The lowest BCUT2D eigenvalue weighted by atomic mass is 9.67. The van der Waals surface area contributed by atoms with Gasteiger partial charge in [0.2, 0.25) is 5.91 Å². The lowest BCUT2D eigenvalue weighted by molar-refractivity contribution is -0.132. The molecule has 3 rings (SSSR count). The fraction of sp³-hybridized carbons (Fsp3) is 0.944. The minimum atomic E-state index is 0.335. The van der Waals surface area contributed by atoms with Gasteiger partial charge in [0.05, 0.1) is 0 Å². The van der Waals surface area contributed by atoms with Crippen molar-refractivity contribution in [3.8, 4) is 0 Å². The number of fused-ring (bicyclic) bond motifs is 1. The Morgan fingerprint density at radius 2 is 2.00 bits per heavy atom. The van der Waals surface area contributed by atoms with Crippen LogP contribution in [0.4, 0.5) is 0 Å². The van der Waals surface area contributed by atoms with Crippen molar-refractivity contribution in [3.05, 3.63) is 0 Å². The summed E-state index contributed by atoms with van der Waals surface area (Å²) >= 11 is 0. The largest absolute Gasteiger partial charge is 0.342 e. The van der Waals surface area contributed by atoms with Gasteiger partial charge in [-0.15, -0.1) is 0 Å². The zero-order chi connectivity index (χ0) is 15.2. The summed E-state index contributed by atoms with van der Waals surface area (Å²) < 4.78 is 0.